The van der Waals surface area contributed by atoms with Gasteiger partial charge in [-0.1, -0.05) is 5.16 Å². The fourth-order valence-electron chi connectivity index (χ4n) is 3.98. The van der Waals surface area contributed by atoms with E-state index in [0.29, 0.717) is 16.7 Å². The number of pyridine rings is 1. The Hall–Kier alpha value is -4.51. The van der Waals surface area contributed by atoms with Gasteiger partial charge in [-0.2, -0.15) is 8.94 Å². The minimum atomic E-state index is -1.76. The molecular weight excluding hydrogens is 566 g/mol. The average Bonchev–Trinajstić information content (AvgIpc) is 3.55. The first-order valence-corrected chi connectivity index (χ1v) is 13.4. The van der Waals surface area contributed by atoms with Gasteiger partial charge < -0.3 is 30.5 Å². The van der Waals surface area contributed by atoms with Crippen molar-refractivity contribution in [2.45, 2.75) is 37.4 Å². The SMILES string of the molecule is CC(C)(ON=C(C(=O)NC1C(=O)N2C(C(=O)O)=C(C[n+]3ccc4ncoc4c3)CS[C@@H]12)c1cc(N)sn1)C(=O)O. The average molecular weight is 589 g/mol. The summed E-state index contributed by atoms with van der Waals surface area (Å²) in [5, 5.41) is 25.1. The van der Waals surface area contributed by atoms with Crippen LogP contribution in [0.25, 0.3) is 11.1 Å². The van der Waals surface area contributed by atoms with Gasteiger partial charge in [-0.15, -0.1) is 11.8 Å². The number of carboxylic acids is 2. The van der Waals surface area contributed by atoms with Crippen molar-refractivity contribution < 1.29 is 43.2 Å². The molecule has 0 bridgehead atoms. The molecule has 3 aromatic rings. The van der Waals surface area contributed by atoms with Crippen molar-refractivity contribution in [1.82, 2.24) is 19.6 Å². The second-order valence-corrected chi connectivity index (χ2v) is 11.2. The molecule has 208 valence electrons. The standard InChI is InChI=1S/C23H21N7O8S2/c1-23(2,22(35)36)38-27-15(12-5-14(24)40-28-12)18(31)26-16-19(32)30-17(21(33)34)10(8-39-20(16)30)6-29-4-3-11-13(7-29)37-9-25-11/h3-5,7,9,16,20H,6,8H2,1-2H3,(H4-,24,26,28,31,33,34,35,36)/p+1/t16?,20-/m0/s1. The number of amides is 2. The Morgan fingerprint density at radius 3 is 2.83 bits per heavy atom. The third kappa shape index (κ3) is 4.95. The van der Waals surface area contributed by atoms with Gasteiger partial charge in [-0.3, -0.25) is 14.5 Å². The fraction of sp³-hybridized carbons (Fsp3) is 0.304. The summed E-state index contributed by atoms with van der Waals surface area (Å²) < 4.78 is 11.1. The molecule has 0 spiro atoms. The number of aliphatic carboxylic acids is 2. The Morgan fingerprint density at radius 1 is 1.38 bits per heavy atom. The number of aromatic nitrogens is 3. The van der Waals surface area contributed by atoms with E-state index >= 15 is 0 Å². The summed E-state index contributed by atoms with van der Waals surface area (Å²) >= 11 is 2.18. The molecule has 1 unspecified atom stereocenters. The van der Waals surface area contributed by atoms with Crippen molar-refractivity contribution in [2.24, 2.45) is 5.16 Å². The number of nitrogens with one attached hydrogen (secondary N) is 1. The number of carbonyl (C=O) groups is 4. The van der Waals surface area contributed by atoms with Gasteiger partial charge in [0.15, 0.2) is 24.8 Å². The predicted octanol–water partition coefficient (Wildman–Crippen LogP) is 0.177. The van der Waals surface area contributed by atoms with Crippen LogP contribution in [0, 0.1) is 0 Å². The van der Waals surface area contributed by atoms with E-state index < -0.39 is 40.8 Å². The Morgan fingerprint density at radius 2 is 2.15 bits per heavy atom. The number of β-lactam (4-membered cyclic amide) rings is 1. The van der Waals surface area contributed by atoms with Crippen LogP contribution in [-0.4, -0.2) is 76.7 Å². The fourth-order valence-corrected chi connectivity index (χ4v) is 5.83. The molecule has 2 amide bonds. The highest BCUT2D eigenvalue weighted by molar-refractivity contribution is 8.00. The predicted molar refractivity (Wildman–Crippen MR) is 140 cm³/mol. The zero-order valence-corrected chi connectivity index (χ0v) is 22.6. The molecule has 15 nitrogen and oxygen atoms in total. The lowest BCUT2D eigenvalue weighted by atomic mass is 10.0. The number of hydrogen-bond donors (Lipinski definition) is 4. The highest BCUT2D eigenvalue weighted by Gasteiger charge is 2.55. The van der Waals surface area contributed by atoms with E-state index in [2.05, 4.69) is 19.8 Å². The molecule has 1 saturated heterocycles. The molecule has 2 aliphatic heterocycles. The molecule has 0 aromatic carbocycles. The molecule has 40 heavy (non-hydrogen) atoms. The molecule has 0 saturated carbocycles. The number of fused-ring (bicyclic) bond motifs is 2. The molecule has 17 heteroatoms. The first-order chi connectivity index (χ1) is 19.0. The second-order valence-electron chi connectivity index (χ2n) is 9.30. The number of nitrogen functional groups attached to an aromatic ring is 1. The van der Waals surface area contributed by atoms with Gasteiger partial charge in [-0.25, -0.2) is 14.6 Å². The summed E-state index contributed by atoms with van der Waals surface area (Å²) in [4.78, 5) is 60.3. The number of carbonyl (C=O) groups excluding carboxylic acids is 2. The molecule has 0 aliphatic carbocycles. The number of oxime groups is 1. The lowest BCUT2D eigenvalue weighted by Crippen LogP contribution is -2.71. The Kier molecular flexibility index (Phi) is 6.92. The molecule has 1 fully saturated rings. The largest absolute Gasteiger partial charge is 0.478 e. The Bertz CT molecular complexity index is 1610. The first-order valence-electron chi connectivity index (χ1n) is 11.6. The summed E-state index contributed by atoms with van der Waals surface area (Å²) in [5.41, 5.74) is 5.13. The van der Waals surface area contributed by atoms with E-state index in [4.69, 9.17) is 15.0 Å². The second kappa shape index (κ2) is 10.2. The number of oxazole rings is 1. The van der Waals surface area contributed by atoms with Gasteiger partial charge in [0.05, 0.1) is 0 Å². The van der Waals surface area contributed by atoms with E-state index in [1.165, 1.54) is 38.1 Å². The minimum absolute atomic E-state index is 0.0234. The molecule has 2 aliphatic rings. The van der Waals surface area contributed by atoms with Gasteiger partial charge in [0.2, 0.25) is 17.4 Å². The van der Waals surface area contributed by atoms with E-state index in [9.17, 15) is 29.4 Å². The molecule has 3 aromatic heterocycles. The van der Waals surface area contributed by atoms with Crippen LogP contribution in [0.15, 0.2) is 51.8 Å². The zero-order valence-electron chi connectivity index (χ0n) is 20.9. The van der Waals surface area contributed by atoms with Crippen LogP contribution in [0.5, 0.6) is 0 Å². The molecule has 0 radical (unpaired) electrons. The molecular formula is C23H22N7O8S2+. The third-order valence-electron chi connectivity index (χ3n) is 6.11. The van der Waals surface area contributed by atoms with Gasteiger partial charge in [0, 0.05) is 23.5 Å². The van der Waals surface area contributed by atoms with Crippen molar-refractivity contribution in [3.8, 4) is 0 Å². The van der Waals surface area contributed by atoms with Gasteiger partial charge in [0.25, 0.3) is 11.8 Å². The lowest BCUT2D eigenvalue weighted by Gasteiger charge is -2.49. The van der Waals surface area contributed by atoms with E-state index in [1.54, 1.807) is 23.0 Å². The number of nitrogens with two attached hydrogens (primary N) is 1. The van der Waals surface area contributed by atoms with E-state index in [0.717, 1.165) is 16.4 Å². The number of hydrogen-bond acceptors (Lipinski definition) is 12. The Labute approximate surface area is 233 Å². The van der Waals surface area contributed by atoms with Gasteiger partial charge in [0.1, 0.15) is 33.3 Å². The highest BCUT2D eigenvalue weighted by atomic mass is 32.2. The van der Waals surface area contributed by atoms with Crippen LogP contribution in [0.4, 0.5) is 5.00 Å². The summed E-state index contributed by atoms with van der Waals surface area (Å²) in [6, 6.07) is 2.02. The quantitative estimate of drug-likeness (QED) is 0.114. The van der Waals surface area contributed by atoms with Crippen LogP contribution in [-0.2, 0) is 30.6 Å². The molecule has 5 N–H and O–H groups in total. The number of nitrogens with zero attached hydrogens (tertiary/aromatic N) is 5. The summed E-state index contributed by atoms with van der Waals surface area (Å²) in [6.07, 6.45) is 4.73. The molecule has 5 heterocycles. The molecule has 5 rings (SSSR count). The minimum Gasteiger partial charge on any atom is -0.478 e. The highest BCUT2D eigenvalue weighted by Crippen LogP contribution is 2.40. The topological polar surface area (TPSA) is 214 Å². The zero-order chi connectivity index (χ0) is 28.8. The third-order valence-corrected chi connectivity index (χ3v) is 8.06. The van der Waals surface area contributed by atoms with Crippen molar-refractivity contribution in [3.05, 3.63) is 47.9 Å². The Balaban J connectivity index is 1.36. The van der Waals surface area contributed by atoms with Gasteiger partial charge in [-0.05, 0) is 25.4 Å². The summed E-state index contributed by atoms with van der Waals surface area (Å²) in [6.45, 7) is 2.68. The van der Waals surface area contributed by atoms with Crippen LogP contribution in [0.1, 0.15) is 19.5 Å². The smallest absolute Gasteiger partial charge is 0.352 e. The monoisotopic (exact) mass is 588 g/mol. The van der Waals surface area contributed by atoms with Crippen molar-refractivity contribution in [3.63, 3.8) is 0 Å². The van der Waals surface area contributed by atoms with E-state index in [-0.39, 0.29) is 34.4 Å². The van der Waals surface area contributed by atoms with Crippen molar-refractivity contribution in [2.75, 3.05) is 11.5 Å². The number of anilines is 1. The number of thioether (sulfide) groups is 1. The van der Waals surface area contributed by atoms with Crippen LogP contribution in [0.2, 0.25) is 0 Å². The first kappa shape index (κ1) is 27.1. The normalized spacial score (nSPS) is 19.3. The molecule has 2 atom stereocenters. The maximum absolute atomic E-state index is 13.2. The number of carboxylic acid groups (broad SMARTS) is 2. The van der Waals surface area contributed by atoms with Crippen molar-refractivity contribution in [1.29, 1.82) is 0 Å². The number of rotatable bonds is 9. The van der Waals surface area contributed by atoms with Crippen molar-refractivity contribution >= 4 is 68.9 Å². The van der Waals surface area contributed by atoms with E-state index in [1.807, 2.05) is 0 Å². The maximum atomic E-state index is 13.2. The summed E-state index contributed by atoms with van der Waals surface area (Å²) in [7, 11) is 0. The summed E-state index contributed by atoms with van der Waals surface area (Å²) in [5.74, 6) is -3.81. The lowest BCUT2D eigenvalue weighted by molar-refractivity contribution is -0.688. The van der Waals surface area contributed by atoms with Crippen LogP contribution in [0.3, 0.4) is 0 Å². The van der Waals surface area contributed by atoms with Crippen LogP contribution >= 0.6 is 23.3 Å². The maximum Gasteiger partial charge on any atom is 0.352 e. The van der Waals surface area contributed by atoms with Crippen LogP contribution < -0.4 is 15.6 Å². The van der Waals surface area contributed by atoms with Gasteiger partial charge >= 0.3 is 11.9 Å².